The van der Waals surface area contributed by atoms with E-state index in [0.29, 0.717) is 48.7 Å². The van der Waals surface area contributed by atoms with Crippen LogP contribution in [0.25, 0.3) is 0 Å². The molecule has 0 unspecified atom stereocenters. The van der Waals surface area contributed by atoms with Crippen LogP contribution in [0.1, 0.15) is 24.2 Å². The molecule has 0 fully saturated rings. The van der Waals surface area contributed by atoms with Gasteiger partial charge in [-0.1, -0.05) is 36.9 Å². The van der Waals surface area contributed by atoms with Crippen molar-refractivity contribution >= 4 is 27.3 Å². The minimum absolute atomic E-state index is 0.0971. The normalized spacial score (nSPS) is 15.1. The van der Waals surface area contributed by atoms with Crippen LogP contribution in [0.4, 0.5) is 10.1 Å². The van der Waals surface area contributed by atoms with E-state index >= 15 is 0 Å². The van der Waals surface area contributed by atoms with Gasteiger partial charge in [0.2, 0.25) is 0 Å². The highest BCUT2D eigenvalue weighted by Crippen LogP contribution is 2.27. The monoisotopic (exact) mass is 536 g/mol. The predicted molar refractivity (Wildman–Crippen MR) is 146 cm³/mol. The number of benzene rings is 3. The van der Waals surface area contributed by atoms with Gasteiger partial charge in [-0.15, -0.1) is 0 Å². The van der Waals surface area contributed by atoms with Crippen molar-refractivity contribution in [2.75, 3.05) is 30.9 Å². The van der Waals surface area contributed by atoms with Gasteiger partial charge in [0.25, 0.3) is 10.0 Å². The molecule has 1 aliphatic heterocycles. The summed E-state index contributed by atoms with van der Waals surface area (Å²) in [6.07, 6.45) is 0.781. The molecule has 1 heterocycles. The summed E-state index contributed by atoms with van der Waals surface area (Å²) in [7, 11) is -3.77. The minimum atomic E-state index is -3.77. The number of carbonyl (C=O) groups excluding carboxylic acids is 1. The van der Waals surface area contributed by atoms with E-state index in [2.05, 4.69) is 16.2 Å². The second-order valence-corrected chi connectivity index (χ2v) is 10.9. The van der Waals surface area contributed by atoms with Crippen molar-refractivity contribution in [3.63, 3.8) is 0 Å². The number of rotatable bonds is 9. The third-order valence-electron chi connectivity index (χ3n) is 6.42. The number of hydrogen-bond donors (Lipinski definition) is 1. The highest BCUT2D eigenvalue weighted by atomic mass is 32.2. The summed E-state index contributed by atoms with van der Waals surface area (Å²) in [5, 5.41) is 0. The Morgan fingerprint density at radius 2 is 1.84 bits per heavy atom. The zero-order valence-electron chi connectivity index (χ0n) is 21.4. The van der Waals surface area contributed by atoms with E-state index in [4.69, 9.17) is 4.74 Å². The second-order valence-electron chi connectivity index (χ2n) is 9.22. The summed E-state index contributed by atoms with van der Waals surface area (Å²) in [4.78, 5) is 14.3. The summed E-state index contributed by atoms with van der Waals surface area (Å²) >= 11 is 0. The van der Waals surface area contributed by atoms with Crippen molar-refractivity contribution in [1.82, 2.24) is 4.90 Å². The molecular formula is C29H31FN3O4S+. The molecule has 1 amide bonds. The van der Waals surface area contributed by atoms with Gasteiger partial charge in [0.05, 0.1) is 18.0 Å². The number of nitrogens with one attached hydrogen (secondary N) is 1. The average Bonchev–Trinajstić information content (AvgIpc) is 2.90. The van der Waals surface area contributed by atoms with E-state index < -0.39 is 16.1 Å². The SMILES string of the molecule is C=CC(=O)[N+]1=C(C)CN(C[C@H](Oc2ccc(S(=O)(=O)Nc3ccccc3)cc2)c2ccc(C)c(F)c2)CC1. The first-order valence-corrected chi connectivity index (χ1v) is 13.7. The first kappa shape index (κ1) is 27.2. The summed E-state index contributed by atoms with van der Waals surface area (Å²) in [5.41, 5.74) is 2.57. The molecule has 3 aromatic rings. The van der Waals surface area contributed by atoms with E-state index in [1.807, 2.05) is 13.0 Å². The highest BCUT2D eigenvalue weighted by molar-refractivity contribution is 7.92. The minimum Gasteiger partial charge on any atom is -0.484 e. The summed E-state index contributed by atoms with van der Waals surface area (Å²) in [6.45, 7) is 9.31. The Morgan fingerprint density at radius 3 is 2.47 bits per heavy atom. The number of hydrogen-bond acceptors (Lipinski definition) is 5. The maximum Gasteiger partial charge on any atom is 0.411 e. The molecule has 198 valence electrons. The Labute approximate surface area is 222 Å². The lowest BCUT2D eigenvalue weighted by molar-refractivity contribution is -0.451. The Kier molecular flexibility index (Phi) is 8.38. The number of sulfonamides is 1. The lowest BCUT2D eigenvalue weighted by atomic mass is 10.1. The zero-order chi connectivity index (χ0) is 27.3. The van der Waals surface area contributed by atoms with Gasteiger partial charge in [0.1, 0.15) is 17.7 Å². The molecule has 0 bridgehead atoms. The third-order valence-corrected chi connectivity index (χ3v) is 7.82. The zero-order valence-corrected chi connectivity index (χ0v) is 22.2. The summed E-state index contributed by atoms with van der Waals surface area (Å²) in [5.74, 6) is -0.00293. The van der Waals surface area contributed by atoms with Crippen LogP contribution in [0.5, 0.6) is 5.75 Å². The number of ether oxygens (including phenoxy) is 1. The molecule has 0 radical (unpaired) electrons. The highest BCUT2D eigenvalue weighted by Gasteiger charge is 2.29. The summed E-state index contributed by atoms with van der Waals surface area (Å²) < 4.78 is 50.6. The number of aryl methyl sites for hydroxylation is 1. The first-order valence-electron chi connectivity index (χ1n) is 12.3. The molecule has 0 saturated carbocycles. The van der Waals surface area contributed by atoms with Crippen LogP contribution in [-0.2, 0) is 14.8 Å². The molecule has 0 saturated heterocycles. The van der Waals surface area contributed by atoms with Crippen molar-refractivity contribution in [1.29, 1.82) is 0 Å². The number of carbonyl (C=O) groups is 1. The largest absolute Gasteiger partial charge is 0.484 e. The lowest BCUT2D eigenvalue weighted by Gasteiger charge is -2.29. The molecule has 1 aliphatic rings. The average molecular weight is 537 g/mol. The van der Waals surface area contributed by atoms with Gasteiger partial charge in [-0.2, -0.15) is 4.58 Å². The van der Waals surface area contributed by atoms with Gasteiger partial charge in [0, 0.05) is 25.2 Å². The molecule has 3 aromatic carbocycles. The fourth-order valence-corrected chi connectivity index (χ4v) is 5.38. The molecule has 38 heavy (non-hydrogen) atoms. The van der Waals surface area contributed by atoms with Crippen LogP contribution in [0.3, 0.4) is 0 Å². The maximum absolute atomic E-state index is 14.5. The lowest BCUT2D eigenvalue weighted by Crippen LogP contribution is -2.47. The van der Waals surface area contributed by atoms with Crippen LogP contribution in [0, 0.1) is 12.7 Å². The van der Waals surface area contributed by atoms with E-state index in [9.17, 15) is 17.6 Å². The van der Waals surface area contributed by atoms with E-state index in [1.54, 1.807) is 60.0 Å². The van der Waals surface area contributed by atoms with Crippen molar-refractivity contribution < 1.29 is 26.9 Å². The molecule has 4 rings (SSSR count). The topological polar surface area (TPSA) is 78.7 Å². The van der Waals surface area contributed by atoms with Gasteiger partial charge in [-0.3, -0.25) is 9.62 Å². The van der Waals surface area contributed by atoms with E-state index in [1.165, 1.54) is 24.3 Å². The third kappa shape index (κ3) is 6.54. The van der Waals surface area contributed by atoms with Crippen LogP contribution in [0.15, 0.2) is 90.3 Å². The van der Waals surface area contributed by atoms with Gasteiger partial charge in [-0.05, 0) is 60.5 Å². The fourth-order valence-electron chi connectivity index (χ4n) is 4.32. The number of para-hydroxylation sites is 1. The molecule has 0 spiro atoms. The van der Waals surface area contributed by atoms with Crippen LogP contribution >= 0.6 is 0 Å². The summed E-state index contributed by atoms with van der Waals surface area (Å²) in [6, 6.07) is 19.8. The molecule has 0 aromatic heterocycles. The molecular weight excluding hydrogens is 505 g/mol. The Hall–Kier alpha value is -3.82. The molecule has 7 nitrogen and oxygen atoms in total. The van der Waals surface area contributed by atoms with Gasteiger partial charge in [0.15, 0.2) is 12.3 Å². The molecule has 1 N–H and O–H groups in total. The van der Waals surface area contributed by atoms with Crippen molar-refractivity contribution in [3.8, 4) is 5.75 Å². The number of anilines is 1. The fraction of sp³-hybridized carbons (Fsp3) is 0.241. The molecule has 9 heteroatoms. The Morgan fingerprint density at radius 1 is 1.13 bits per heavy atom. The van der Waals surface area contributed by atoms with Crippen molar-refractivity contribution in [3.05, 3.63) is 102 Å². The number of nitrogens with zero attached hydrogens (tertiary/aromatic N) is 2. The van der Waals surface area contributed by atoms with Gasteiger partial charge < -0.3 is 4.74 Å². The van der Waals surface area contributed by atoms with E-state index in [-0.39, 0.29) is 16.6 Å². The quantitative estimate of drug-likeness (QED) is 0.321. The van der Waals surface area contributed by atoms with Crippen LogP contribution in [0.2, 0.25) is 0 Å². The van der Waals surface area contributed by atoms with Gasteiger partial charge >= 0.3 is 5.91 Å². The van der Waals surface area contributed by atoms with E-state index in [0.717, 1.165) is 5.71 Å². The molecule has 1 atom stereocenters. The van der Waals surface area contributed by atoms with Gasteiger partial charge in [-0.25, -0.2) is 17.6 Å². The number of amides is 1. The molecule has 0 aliphatic carbocycles. The van der Waals surface area contributed by atoms with Crippen LogP contribution < -0.4 is 9.46 Å². The first-order chi connectivity index (χ1) is 18.2. The van der Waals surface area contributed by atoms with Crippen molar-refractivity contribution in [2.45, 2.75) is 24.8 Å². The maximum atomic E-state index is 14.5. The Bertz CT molecular complexity index is 1450. The van der Waals surface area contributed by atoms with Crippen LogP contribution in [-0.4, -0.2) is 55.7 Å². The predicted octanol–water partition coefficient (Wildman–Crippen LogP) is 4.56. The second kappa shape index (κ2) is 11.7. The van der Waals surface area contributed by atoms with Crippen molar-refractivity contribution in [2.24, 2.45) is 0 Å². The smallest absolute Gasteiger partial charge is 0.411 e. The number of halogens is 1. The Balaban J connectivity index is 1.54. The standard InChI is InChI=1S/C29H31FN3O4S/c1-4-29(34)33-17-16-32(19-22(33)3)20-28(23-11-10-21(2)27(30)18-23)37-25-12-14-26(15-13-25)38(35,36)31-24-8-6-5-7-9-24/h4-15,18,28,31H,1,16-17,19-20H2,2-3H3/q+1/t28-/m0/s1.